The number of carbonyl (C=O) groups is 1. The van der Waals surface area contributed by atoms with E-state index in [2.05, 4.69) is 24.9 Å². The molecule has 0 radical (unpaired) electrons. The normalized spacial score (nSPS) is 14.8. The van der Waals surface area contributed by atoms with Gasteiger partial charge in [0.2, 0.25) is 0 Å². The third kappa shape index (κ3) is 9.84. The van der Waals surface area contributed by atoms with Gasteiger partial charge in [-0.15, -0.1) is 0 Å². The number of benzene rings is 1. The summed E-state index contributed by atoms with van der Waals surface area (Å²) >= 11 is -2.58. The Morgan fingerprint density at radius 1 is 1.03 bits per heavy atom. The minimum absolute atomic E-state index is 0.260. The Bertz CT molecular complexity index is 662. The van der Waals surface area contributed by atoms with Crippen LogP contribution in [0.5, 0.6) is 5.75 Å². The third-order valence-electron chi connectivity index (χ3n) is 6.23. The van der Waals surface area contributed by atoms with E-state index in [1.165, 1.54) is 51.8 Å². The Morgan fingerprint density at radius 3 is 1.97 bits per heavy atom. The molecular formula is C26H44O5Sn. The molecule has 2 N–H and O–H groups in total. The molecule has 1 aromatic rings. The molecule has 0 fully saturated rings. The molecule has 0 bridgehead atoms. The van der Waals surface area contributed by atoms with E-state index in [1.807, 2.05) is 6.08 Å². The summed E-state index contributed by atoms with van der Waals surface area (Å²) in [6.45, 7) is 8.04. The van der Waals surface area contributed by atoms with Crippen molar-refractivity contribution in [2.75, 3.05) is 13.7 Å². The van der Waals surface area contributed by atoms with E-state index in [4.69, 9.17) is 9.47 Å². The second kappa shape index (κ2) is 15.0. The molecule has 2 atom stereocenters. The van der Waals surface area contributed by atoms with E-state index in [-0.39, 0.29) is 6.61 Å². The summed E-state index contributed by atoms with van der Waals surface area (Å²) in [4.78, 5) is 12.3. The number of unbranched alkanes of at least 4 members (excludes halogenated alkanes) is 3. The van der Waals surface area contributed by atoms with E-state index in [1.54, 1.807) is 38.3 Å². The number of carbonyl (C=O) groups excluding carboxylic acids is 1. The molecule has 0 heterocycles. The molecule has 6 heteroatoms. The second-order valence-corrected chi connectivity index (χ2v) is 22.1. The predicted molar refractivity (Wildman–Crippen MR) is 134 cm³/mol. The number of esters is 1. The van der Waals surface area contributed by atoms with Crippen molar-refractivity contribution in [1.82, 2.24) is 0 Å². The molecule has 5 nitrogen and oxygen atoms in total. The van der Waals surface area contributed by atoms with Gasteiger partial charge in [-0.3, -0.25) is 0 Å². The summed E-state index contributed by atoms with van der Waals surface area (Å²) in [6, 6.07) is 6.59. The fraction of sp³-hybridized carbons (Fsp3) is 0.654. The second-order valence-electron chi connectivity index (χ2n) is 9.07. The number of rotatable bonds is 16. The van der Waals surface area contributed by atoms with Crippen LogP contribution < -0.4 is 4.74 Å². The Labute approximate surface area is 199 Å². The van der Waals surface area contributed by atoms with E-state index in [9.17, 15) is 15.0 Å². The quantitative estimate of drug-likeness (QED) is 0.196. The summed E-state index contributed by atoms with van der Waals surface area (Å²) in [5, 5.41) is 21.6. The molecule has 0 saturated heterocycles. The summed E-state index contributed by atoms with van der Waals surface area (Å²) in [7, 11) is 1.56. The van der Waals surface area contributed by atoms with Crippen LogP contribution in [-0.2, 0) is 4.74 Å². The average molecular weight is 555 g/mol. The van der Waals surface area contributed by atoms with Crippen LogP contribution in [-0.4, -0.2) is 60.0 Å². The van der Waals surface area contributed by atoms with Gasteiger partial charge in [-0.25, -0.2) is 0 Å². The molecule has 0 aromatic heterocycles. The Hall–Kier alpha value is -1.05. The summed E-state index contributed by atoms with van der Waals surface area (Å²) in [6.07, 6.45) is 7.89. The van der Waals surface area contributed by atoms with Gasteiger partial charge in [0.1, 0.15) is 0 Å². The maximum atomic E-state index is 12.3. The number of methoxy groups -OCH3 is 1. The van der Waals surface area contributed by atoms with Gasteiger partial charge in [-0.2, -0.15) is 0 Å². The molecule has 1 aromatic carbocycles. The average Bonchev–Trinajstić information content (AvgIpc) is 2.81. The van der Waals surface area contributed by atoms with Gasteiger partial charge in [0.05, 0.1) is 7.11 Å². The first-order valence-corrected chi connectivity index (χ1v) is 19.9. The molecule has 0 spiro atoms. The Balaban J connectivity index is 2.85. The minimum atomic E-state index is -2.58. The van der Waals surface area contributed by atoms with Crippen molar-refractivity contribution in [2.24, 2.45) is 0 Å². The van der Waals surface area contributed by atoms with Crippen LogP contribution in [0, 0.1) is 0 Å². The SMILES string of the molecule is CCC[CH2][Sn](/[CH]=C/[C@](C)(O)[C@H](O)COC(=O)c1ccc(OC)cc1)([CH2]CCC)[CH2]CCC. The zero-order valence-corrected chi connectivity index (χ0v) is 23.6. The summed E-state index contributed by atoms with van der Waals surface area (Å²) < 4.78 is 16.6. The number of aliphatic hydroxyl groups is 2. The predicted octanol–water partition coefficient (Wildman–Crippen LogP) is 5.91. The molecule has 0 unspecified atom stereocenters. The molecule has 0 saturated carbocycles. The van der Waals surface area contributed by atoms with Gasteiger partial charge in [0.25, 0.3) is 0 Å². The standard InChI is InChI=1S/C14H17O5.3C4H9.Sn/c1-4-14(2,17)12(15)9-19-13(16)10-5-7-11(18-3)8-6-10;3*1-3-4-2;/h1,4-8,12,15,17H,9H2,2-3H3;3*1,3-4H2,2H3;/t12-,14+;;;;/m1..../s1. The number of aliphatic hydroxyl groups excluding tert-OH is 1. The van der Waals surface area contributed by atoms with Crippen molar-refractivity contribution < 1.29 is 24.5 Å². The molecule has 182 valence electrons. The fourth-order valence-electron chi connectivity index (χ4n) is 3.80. The fourth-order valence-corrected chi connectivity index (χ4v) is 18.4. The van der Waals surface area contributed by atoms with Crippen molar-refractivity contribution in [2.45, 2.75) is 91.2 Å². The van der Waals surface area contributed by atoms with Crippen LogP contribution in [0.15, 0.2) is 34.4 Å². The van der Waals surface area contributed by atoms with Crippen LogP contribution in [0.3, 0.4) is 0 Å². The van der Waals surface area contributed by atoms with Crippen LogP contribution >= 0.6 is 0 Å². The summed E-state index contributed by atoms with van der Waals surface area (Å²) in [5.41, 5.74) is -1.06. The van der Waals surface area contributed by atoms with Crippen molar-refractivity contribution in [3.8, 4) is 5.75 Å². The van der Waals surface area contributed by atoms with Gasteiger partial charge in [0, 0.05) is 0 Å². The topological polar surface area (TPSA) is 76.0 Å². The van der Waals surface area contributed by atoms with Crippen molar-refractivity contribution >= 4 is 24.3 Å². The van der Waals surface area contributed by atoms with E-state index in [0.717, 1.165) is 0 Å². The van der Waals surface area contributed by atoms with Gasteiger partial charge >= 0.3 is 192 Å². The van der Waals surface area contributed by atoms with Crippen molar-refractivity contribution in [3.63, 3.8) is 0 Å². The molecule has 1 rings (SSSR count). The van der Waals surface area contributed by atoms with Crippen LogP contribution in [0.1, 0.15) is 76.6 Å². The van der Waals surface area contributed by atoms with Gasteiger partial charge in [-0.05, 0) is 0 Å². The Kier molecular flexibility index (Phi) is 13.6. The molecule has 0 amide bonds. The number of hydrogen-bond donors (Lipinski definition) is 2. The Morgan fingerprint density at radius 2 is 1.53 bits per heavy atom. The first-order valence-electron chi connectivity index (χ1n) is 12.2. The molecule has 0 aliphatic carbocycles. The zero-order valence-electron chi connectivity index (χ0n) is 20.7. The molecule has 0 aliphatic rings. The first-order chi connectivity index (χ1) is 15.2. The van der Waals surface area contributed by atoms with Crippen LogP contribution in [0.4, 0.5) is 0 Å². The molecule has 0 aliphatic heterocycles. The molecule has 32 heavy (non-hydrogen) atoms. The van der Waals surface area contributed by atoms with Crippen molar-refractivity contribution in [3.05, 3.63) is 40.0 Å². The van der Waals surface area contributed by atoms with E-state index < -0.39 is 36.1 Å². The number of hydrogen-bond acceptors (Lipinski definition) is 5. The van der Waals surface area contributed by atoms with Gasteiger partial charge in [-0.1, -0.05) is 0 Å². The first kappa shape index (κ1) is 29.0. The van der Waals surface area contributed by atoms with Crippen LogP contribution in [0.25, 0.3) is 0 Å². The number of ether oxygens (including phenoxy) is 2. The molecular weight excluding hydrogens is 511 g/mol. The van der Waals surface area contributed by atoms with Gasteiger partial charge < -0.3 is 0 Å². The van der Waals surface area contributed by atoms with Crippen LogP contribution in [0.2, 0.25) is 13.3 Å². The third-order valence-corrected chi connectivity index (χ3v) is 20.3. The monoisotopic (exact) mass is 556 g/mol. The van der Waals surface area contributed by atoms with Crippen molar-refractivity contribution in [1.29, 1.82) is 0 Å². The zero-order chi connectivity index (χ0) is 24.0. The van der Waals surface area contributed by atoms with E-state index >= 15 is 0 Å². The maximum absolute atomic E-state index is 12.3. The van der Waals surface area contributed by atoms with E-state index in [0.29, 0.717) is 11.3 Å². The van der Waals surface area contributed by atoms with Gasteiger partial charge in [0.15, 0.2) is 0 Å². The summed E-state index contributed by atoms with van der Waals surface area (Å²) in [5.74, 6) is 0.118.